The number of carbonyl (C=O) groups excluding carboxylic acids is 3. The SMILES string of the molecule is CC(C)C(CNC(=O)c1ccc2c(c1)C(=O)N(C)C2=O)Nc1ccccc1. The van der Waals surface area contributed by atoms with Crippen LogP contribution in [0.15, 0.2) is 48.5 Å². The fourth-order valence-corrected chi connectivity index (χ4v) is 3.01. The molecule has 0 saturated heterocycles. The van der Waals surface area contributed by atoms with Gasteiger partial charge < -0.3 is 10.6 Å². The van der Waals surface area contributed by atoms with Crippen LogP contribution in [0.3, 0.4) is 0 Å². The maximum absolute atomic E-state index is 12.5. The second kappa shape index (κ2) is 7.61. The lowest BCUT2D eigenvalue weighted by atomic mass is 10.0. The van der Waals surface area contributed by atoms with Crippen LogP contribution in [-0.4, -0.2) is 42.3 Å². The predicted molar refractivity (Wildman–Crippen MR) is 104 cm³/mol. The standard InChI is InChI=1S/C21H23N3O3/c1-13(2)18(23-15-7-5-4-6-8-15)12-22-19(25)14-9-10-16-17(11-14)21(27)24(3)20(16)26/h4-11,13,18,23H,12H2,1-3H3,(H,22,25). The number of hydrogen-bond donors (Lipinski definition) is 2. The van der Waals surface area contributed by atoms with Gasteiger partial charge in [0, 0.05) is 30.9 Å². The number of anilines is 1. The first-order valence-electron chi connectivity index (χ1n) is 8.94. The lowest BCUT2D eigenvalue weighted by Gasteiger charge is -2.24. The van der Waals surface area contributed by atoms with Crippen molar-refractivity contribution in [2.75, 3.05) is 18.9 Å². The molecule has 0 fully saturated rings. The maximum atomic E-state index is 12.5. The van der Waals surface area contributed by atoms with E-state index in [1.807, 2.05) is 30.3 Å². The van der Waals surface area contributed by atoms with Crippen molar-refractivity contribution >= 4 is 23.4 Å². The summed E-state index contributed by atoms with van der Waals surface area (Å²) in [5, 5.41) is 6.34. The van der Waals surface area contributed by atoms with Gasteiger partial charge in [-0.25, -0.2) is 0 Å². The molecule has 0 bridgehead atoms. The Hall–Kier alpha value is -3.15. The molecule has 3 amide bonds. The summed E-state index contributed by atoms with van der Waals surface area (Å²) in [6, 6.07) is 14.5. The molecule has 2 aromatic carbocycles. The molecule has 0 spiro atoms. The van der Waals surface area contributed by atoms with E-state index in [1.54, 1.807) is 6.07 Å². The number of benzene rings is 2. The number of hydrogen-bond acceptors (Lipinski definition) is 4. The zero-order valence-electron chi connectivity index (χ0n) is 15.7. The van der Waals surface area contributed by atoms with Crippen LogP contribution in [0.4, 0.5) is 5.69 Å². The third-order valence-corrected chi connectivity index (χ3v) is 4.76. The van der Waals surface area contributed by atoms with Crippen LogP contribution >= 0.6 is 0 Å². The van der Waals surface area contributed by atoms with E-state index < -0.39 is 0 Å². The summed E-state index contributed by atoms with van der Waals surface area (Å²) in [6.07, 6.45) is 0. The van der Waals surface area contributed by atoms with Crippen LogP contribution in [0.1, 0.15) is 44.9 Å². The number of amides is 3. The Morgan fingerprint density at radius 2 is 1.67 bits per heavy atom. The molecule has 0 aromatic heterocycles. The lowest BCUT2D eigenvalue weighted by Crippen LogP contribution is -2.39. The van der Waals surface area contributed by atoms with Gasteiger partial charge in [0.15, 0.2) is 0 Å². The Morgan fingerprint density at radius 1 is 1.00 bits per heavy atom. The fraction of sp³-hybridized carbons (Fsp3) is 0.286. The highest BCUT2D eigenvalue weighted by Gasteiger charge is 2.33. The number of fused-ring (bicyclic) bond motifs is 1. The van der Waals surface area contributed by atoms with Gasteiger partial charge in [-0.3, -0.25) is 19.3 Å². The molecule has 6 nitrogen and oxygen atoms in total. The second-order valence-corrected chi connectivity index (χ2v) is 7.00. The van der Waals surface area contributed by atoms with Gasteiger partial charge in [-0.2, -0.15) is 0 Å². The maximum Gasteiger partial charge on any atom is 0.261 e. The summed E-state index contributed by atoms with van der Waals surface area (Å²) in [4.78, 5) is 37.7. The van der Waals surface area contributed by atoms with Crippen LogP contribution in [0.25, 0.3) is 0 Å². The minimum absolute atomic E-state index is 0.0557. The highest BCUT2D eigenvalue weighted by Crippen LogP contribution is 2.22. The van der Waals surface area contributed by atoms with Crippen molar-refractivity contribution in [3.05, 3.63) is 65.2 Å². The van der Waals surface area contributed by atoms with Gasteiger partial charge in [0.05, 0.1) is 11.1 Å². The van der Waals surface area contributed by atoms with E-state index in [-0.39, 0.29) is 29.3 Å². The highest BCUT2D eigenvalue weighted by atomic mass is 16.2. The monoisotopic (exact) mass is 365 g/mol. The summed E-state index contributed by atoms with van der Waals surface area (Å²) >= 11 is 0. The van der Waals surface area contributed by atoms with Crippen molar-refractivity contribution in [1.29, 1.82) is 0 Å². The van der Waals surface area contributed by atoms with E-state index >= 15 is 0 Å². The first-order chi connectivity index (χ1) is 12.9. The van der Waals surface area contributed by atoms with Crippen molar-refractivity contribution in [3.63, 3.8) is 0 Å². The number of rotatable bonds is 6. The average molecular weight is 365 g/mol. The largest absolute Gasteiger partial charge is 0.380 e. The summed E-state index contributed by atoms with van der Waals surface area (Å²) in [5.41, 5.74) is 1.98. The van der Waals surface area contributed by atoms with E-state index in [0.29, 0.717) is 23.6 Å². The third-order valence-electron chi connectivity index (χ3n) is 4.76. The van der Waals surface area contributed by atoms with Gasteiger partial charge in [-0.1, -0.05) is 32.0 Å². The average Bonchev–Trinajstić information content (AvgIpc) is 2.89. The Kier molecular flexibility index (Phi) is 5.26. The molecule has 1 aliphatic rings. The summed E-state index contributed by atoms with van der Waals surface area (Å²) < 4.78 is 0. The molecule has 2 aromatic rings. The molecule has 1 unspecified atom stereocenters. The van der Waals surface area contributed by atoms with Crippen LogP contribution in [0, 0.1) is 5.92 Å². The number of imide groups is 1. The predicted octanol–water partition coefficient (Wildman–Crippen LogP) is 2.78. The molecule has 27 heavy (non-hydrogen) atoms. The van der Waals surface area contributed by atoms with E-state index in [9.17, 15) is 14.4 Å². The Labute approximate surface area is 158 Å². The zero-order chi connectivity index (χ0) is 19.6. The van der Waals surface area contributed by atoms with Crippen molar-refractivity contribution in [3.8, 4) is 0 Å². The molecule has 1 atom stereocenters. The number of nitrogens with zero attached hydrogens (tertiary/aromatic N) is 1. The first kappa shape index (κ1) is 18.6. The van der Waals surface area contributed by atoms with Crippen LogP contribution in [-0.2, 0) is 0 Å². The van der Waals surface area contributed by atoms with Gasteiger partial charge in [0.2, 0.25) is 0 Å². The normalized spacial score (nSPS) is 14.3. The molecule has 1 aliphatic heterocycles. The van der Waals surface area contributed by atoms with Gasteiger partial charge in [0.1, 0.15) is 0 Å². The molecule has 2 N–H and O–H groups in total. The quantitative estimate of drug-likeness (QED) is 0.772. The second-order valence-electron chi connectivity index (χ2n) is 7.00. The number of nitrogens with one attached hydrogen (secondary N) is 2. The summed E-state index contributed by atoms with van der Waals surface area (Å²) in [5.74, 6) is -0.684. The lowest BCUT2D eigenvalue weighted by molar-refractivity contribution is 0.0693. The minimum Gasteiger partial charge on any atom is -0.380 e. The van der Waals surface area contributed by atoms with Crippen LogP contribution < -0.4 is 10.6 Å². The molecule has 3 rings (SSSR count). The Bertz CT molecular complexity index is 877. The van der Waals surface area contributed by atoms with Gasteiger partial charge in [-0.05, 0) is 36.2 Å². The van der Waals surface area contributed by atoms with Crippen LogP contribution in [0.2, 0.25) is 0 Å². The fourth-order valence-electron chi connectivity index (χ4n) is 3.01. The molecular formula is C21H23N3O3. The first-order valence-corrected chi connectivity index (χ1v) is 8.94. The number of carbonyl (C=O) groups is 3. The van der Waals surface area contributed by atoms with E-state index in [1.165, 1.54) is 19.2 Å². The zero-order valence-corrected chi connectivity index (χ0v) is 15.7. The minimum atomic E-state index is -0.379. The van der Waals surface area contributed by atoms with Gasteiger partial charge >= 0.3 is 0 Å². The Balaban J connectivity index is 1.68. The van der Waals surface area contributed by atoms with Crippen molar-refractivity contribution in [2.24, 2.45) is 5.92 Å². The topological polar surface area (TPSA) is 78.5 Å². The highest BCUT2D eigenvalue weighted by molar-refractivity contribution is 6.21. The number of para-hydroxylation sites is 1. The smallest absolute Gasteiger partial charge is 0.261 e. The third kappa shape index (κ3) is 3.84. The van der Waals surface area contributed by atoms with Crippen molar-refractivity contribution in [1.82, 2.24) is 10.2 Å². The van der Waals surface area contributed by atoms with Crippen LogP contribution in [0.5, 0.6) is 0 Å². The Morgan fingerprint density at radius 3 is 2.33 bits per heavy atom. The molecule has 6 heteroatoms. The molecule has 140 valence electrons. The van der Waals surface area contributed by atoms with Gasteiger partial charge in [0.25, 0.3) is 17.7 Å². The van der Waals surface area contributed by atoms with Gasteiger partial charge in [-0.15, -0.1) is 0 Å². The van der Waals surface area contributed by atoms with E-state index in [2.05, 4.69) is 24.5 Å². The summed E-state index contributed by atoms with van der Waals surface area (Å²) in [6.45, 7) is 4.61. The molecular weight excluding hydrogens is 342 g/mol. The summed E-state index contributed by atoms with van der Waals surface area (Å²) in [7, 11) is 1.44. The van der Waals surface area contributed by atoms with E-state index in [0.717, 1.165) is 10.6 Å². The molecule has 1 heterocycles. The molecule has 0 aliphatic carbocycles. The van der Waals surface area contributed by atoms with Crippen molar-refractivity contribution < 1.29 is 14.4 Å². The van der Waals surface area contributed by atoms with Crippen molar-refractivity contribution in [2.45, 2.75) is 19.9 Å². The molecule has 0 radical (unpaired) electrons. The molecule has 0 saturated carbocycles. The van der Waals surface area contributed by atoms with E-state index in [4.69, 9.17) is 0 Å².